The highest BCUT2D eigenvalue weighted by Gasteiger charge is 2.11. The van der Waals surface area contributed by atoms with Gasteiger partial charge in [-0.2, -0.15) is 5.10 Å². The number of hydrogen-bond donors (Lipinski definition) is 0. The van der Waals surface area contributed by atoms with Crippen LogP contribution in [0.2, 0.25) is 5.02 Å². The molecule has 22 heavy (non-hydrogen) atoms. The van der Waals surface area contributed by atoms with Crippen LogP contribution in [0.3, 0.4) is 0 Å². The molecule has 0 saturated carbocycles. The van der Waals surface area contributed by atoms with Crippen molar-refractivity contribution >= 4 is 22.6 Å². The van der Waals surface area contributed by atoms with Crippen molar-refractivity contribution in [2.75, 3.05) is 0 Å². The van der Waals surface area contributed by atoms with Gasteiger partial charge < -0.3 is 0 Å². The zero-order valence-electron chi connectivity index (χ0n) is 11.5. The third-order valence-electron chi connectivity index (χ3n) is 3.41. The molecule has 6 nitrogen and oxygen atoms in total. The Morgan fingerprint density at radius 1 is 1.09 bits per heavy atom. The number of rotatable bonds is 3. The van der Waals surface area contributed by atoms with Crippen LogP contribution in [0.15, 0.2) is 55.5 Å². The molecule has 0 aliphatic rings. The molecule has 0 amide bonds. The first-order chi connectivity index (χ1) is 10.8. The second-order valence-corrected chi connectivity index (χ2v) is 5.27. The first-order valence-electron chi connectivity index (χ1n) is 6.70. The SMILES string of the molecule is Clc1ccc(Cn2ncc3c(-n4ccnc4)ncnc32)cc1. The molecule has 0 atom stereocenters. The number of hydrogen-bond acceptors (Lipinski definition) is 4. The van der Waals surface area contributed by atoms with Gasteiger partial charge in [-0.15, -0.1) is 0 Å². The van der Waals surface area contributed by atoms with Crippen LogP contribution in [0.5, 0.6) is 0 Å². The maximum atomic E-state index is 5.91. The maximum Gasteiger partial charge on any atom is 0.163 e. The minimum absolute atomic E-state index is 0.626. The summed E-state index contributed by atoms with van der Waals surface area (Å²) in [6.45, 7) is 0.626. The highest BCUT2D eigenvalue weighted by molar-refractivity contribution is 6.30. The second kappa shape index (κ2) is 5.23. The van der Waals surface area contributed by atoms with E-state index in [4.69, 9.17) is 11.6 Å². The molecule has 0 spiro atoms. The molecule has 4 aromatic rings. The number of halogens is 1. The van der Waals surface area contributed by atoms with Crippen molar-refractivity contribution in [3.8, 4) is 5.82 Å². The average Bonchev–Trinajstić information content (AvgIpc) is 3.20. The third-order valence-corrected chi connectivity index (χ3v) is 3.66. The van der Waals surface area contributed by atoms with Gasteiger partial charge in [0.25, 0.3) is 0 Å². The average molecular weight is 311 g/mol. The molecule has 0 saturated heterocycles. The Bertz CT molecular complexity index is 911. The van der Waals surface area contributed by atoms with Crippen LogP contribution in [0.25, 0.3) is 16.9 Å². The molecular weight excluding hydrogens is 300 g/mol. The standard InChI is InChI=1S/C15H11ClN6/c16-12-3-1-11(2-4-12)8-22-15-13(7-20-22)14(18-9-19-15)21-6-5-17-10-21/h1-7,9-10H,8H2. The lowest BCUT2D eigenvalue weighted by Crippen LogP contribution is -2.03. The van der Waals surface area contributed by atoms with Crippen molar-refractivity contribution in [3.63, 3.8) is 0 Å². The fourth-order valence-corrected chi connectivity index (χ4v) is 2.48. The largest absolute Gasteiger partial charge is 0.290 e. The molecular formula is C15H11ClN6. The van der Waals surface area contributed by atoms with Crippen LogP contribution < -0.4 is 0 Å². The van der Waals surface area contributed by atoms with Crippen LogP contribution in [0, 0.1) is 0 Å². The van der Waals surface area contributed by atoms with Crippen molar-refractivity contribution < 1.29 is 0 Å². The zero-order valence-corrected chi connectivity index (χ0v) is 12.2. The summed E-state index contributed by atoms with van der Waals surface area (Å²) >= 11 is 5.91. The highest BCUT2D eigenvalue weighted by atomic mass is 35.5. The van der Waals surface area contributed by atoms with Gasteiger partial charge >= 0.3 is 0 Å². The smallest absolute Gasteiger partial charge is 0.163 e. The molecule has 0 bridgehead atoms. The lowest BCUT2D eigenvalue weighted by Gasteiger charge is -2.05. The van der Waals surface area contributed by atoms with Crippen LogP contribution in [-0.4, -0.2) is 29.3 Å². The van der Waals surface area contributed by atoms with Gasteiger partial charge in [0.05, 0.1) is 18.1 Å². The van der Waals surface area contributed by atoms with Gasteiger partial charge in [0.1, 0.15) is 12.7 Å². The maximum absolute atomic E-state index is 5.91. The number of benzene rings is 1. The van der Waals surface area contributed by atoms with Crippen LogP contribution in [0.4, 0.5) is 0 Å². The minimum atomic E-state index is 0.626. The Balaban J connectivity index is 1.77. The monoisotopic (exact) mass is 310 g/mol. The Kier molecular flexibility index (Phi) is 3.08. The number of imidazole rings is 1. The van der Waals surface area contributed by atoms with Gasteiger partial charge in [-0.25, -0.2) is 19.6 Å². The lowest BCUT2D eigenvalue weighted by atomic mass is 10.2. The van der Waals surface area contributed by atoms with E-state index in [2.05, 4.69) is 20.1 Å². The summed E-state index contributed by atoms with van der Waals surface area (Å²) in [6, 6.07) is 7.70. The summed E-state index contributed by atoms with van der Waals surface area (Å²) < 4.78 is 3.69. The van der Waals surface area contributed by atoms with Crippen LogP contribution in [-0.2, 0) is 6.54 Å². The molecule has 0 aliphatic carbocycles. The summed E-state index contributed by atoms with van der Waals surface area (Å²) in [5, 5.41) is 6.04. The summed E-state index contributed by atoms with van der Waals surface area (Å²) in [7, 11) is 0. The quantitative estimate of drug-likeness (QED) is 0.584. The van der Waals surface area contributed by atoms with Gasteiger partial charge in [0, 0.05) is 17.4 Å². The molecule has 3 heterocycles. The number of nitrogens with zero attached hydrogens (tertiary/aromatic N) is 6. The fraction of sp³-hybridized carbons (Fsp3) is 0.0667. The summed E-state index contributed by atoms with van der Waals surface area (Å²) in [4.78, 5) is 12.7. The van der Waals surface area contributed by atoms with E-state index in [1.807, 2.05) is 39.7 Å². The van der Waals surface area contributed by atoms with Gasteiger partial charge in [0.15, 0.2) is 11.5 Å². The van der Waals surface area contributed by atoms with Gasteiger partial charge in [-0.05, 0) is 17.7 Å². The van der Waals surface area contributed by atoms with E-state index in [0.29, 0.717) is 6.54 Å². The topological polar surface area (TPSA) is 61.4 Å². The molecule has 0 unspecified atom stereocenters. The Morgan fingerprint density at radius 2 is 1.95 bits per heavy atom. The fourth-order valence-electron chi connectivity index (χ4n) is 2.35. The number of aromatic nitrogens is 6. The van der Waals surface area contributed by atoms with E-state index in [9.17, 15) is 0 Å². The van der Waals surface area contributed by atoms with E-state index in [0.717, 1.165) is 27.4 Å². The first kappa shape index (κ1) is 13.0. The Hall–Kier alpha value is -2.73. The highest BCUT2D eigenvalue weighted by Crippen LogP contribution is 2.19. The molecule has 0 fully saturated rings. The van der Waals surface area contributed by atoms with E-state index < -0.39 is 0 Å². The zero-order chi connectivity index (χ0) is 14.9. The first-order valence-corrected chi connectivity index (χ1v) is 7.08. The van der Waals surface area contributed by atoms with E-state index >= 15 is 0 Å². The van der Waals surface area contributed by atoms with Crippen LogP contribution in [0.1, 0.15) is 5.56 Å². The van der Waals surface area contributed by atoms with Crippen molar-refractivity contribution in [2.45, 2.75) is 6.54 Å². The molecule has 7 heteroatoms. The van der Waals surface area contributed by atoms with E-state index in [1.165, 1.54) is 6.33 Å². The van der Waals surface area contributed by atoms with Gasteiger partial charge in [0.2, 0.25) is 0 Å². The normalized spacial score (nSPS) is 11.1. The second-order valence-electron chi connectivity index (χ2n) is 4.83. The molecule has 0 aliphatic heterocycles. The van der Waals surface area contributed by atoms with Crippen LogP contribution >= 0.6 is 11.6 Å². The molecule has 1 aromatic carbocycles. The van der Waals surface area contributed by atoms with Gasteiger partial charge in [-0.1, -0.05) is 23.7 Å². The predicted octanol–water partition coefficient (Wildman–Crippen LogP) is 2.71. The van der Waals surface area contributed by atoms with Crippen molar-refractivity contribution in [1.82, 2.24) is 29.3 Å². The predicted molar refractivity (Wildman–Crippen MR) is 83.0 cm³/mol. The molecule has 0 radical (unpaired) electrons. The summed E-state index contributed by atoms with van der Waals surface area (Å²) in [6.07, 6.45) is 8.58. The molecule has 3 aromatic heterocycles. The lowest BCUT2D eigenvalue weighted by molar-refractivity contribution is 0.703. The van der Waals surface area contributed by atoms with E-state index in [-0.39, 0.29) is 0 Å². The molecule has 108 valence electrons. The third kappa shape index (κ3) is 2.23. The van der Waals surface area contributed by atoms with Crippen molar-refractivity contribution in [3.05, 3.63) is 66.1 Å². The van der Waals surface area contributed by atoms with Crippen molar-refractivity contribution in [1.29, 1.82) is 0 Å². The minimum Gasteiger partial charge on any atom is -0.290 e. The number of fused-ring (bicyclic) bond motifs is 1. The Morgan fingerprint density at radius 3 is 2.73 bits per heavy atom. The Labute approximate surface area is 131 Å². The van der Waals surface area contributed by atoms with Crippen molar-refractivity contribution in [2.24, 2.45) is 0 Å². The molecule has 0 N–H and O–H groups in total. The summed E-state index contributed by atoms with van der Waals surface area (Å²) in [5.41, 5.74) is 1.89. The summed E-state index contributed by atoms with van der Waals surface area (Å²) in [5.74, 6) is 0.768. The van der Waals surface area contributed by atoms with Gasteiger partial charge in [-0.3, -0.25) is 4.57 Å². The molecule has 4 rings (SSSR count). The van der Waals surface area contributed by atoms with E-state index in [1.54, 1.807) is 18.7 Å².